The van der Waals surface area contributed by atoms with Gasteiger partial charge in [0.05, 0.1) is 19.6 Å². The second-order valence-electron chi connectivity index (χ2n) is 5.82. The molecule has 0 saturated heterocycles. The molecule has 0 atom stereocenters. The van der Waals surface area contributed by atoms with E-state index in [2.05, 4.69) is 10.5 Å². The van der Waals surface area contributed by atoms with Crippen LogP contribution in [0.4, 0.5) is 0 Å². The molecular formula is C21H17ClN2O6. The lowest BCUT2D eigenvalue weighted by atomic mass is 10.2. The number of hydrazone groups is 1. The molecular weight excluding hydrogens is 412 g/mol. The third-order valence-corrected chi connectivity index (χ3v) is 3.92. The van der Waals surface area contributed by atoms with E-state index in [1.54, 1.807) is 48.5 Å². The van der Waals surface area contributed by atoms with Crippen molar-refractivity contribution in [3.8, 4) is 17.2 Å². The van der Waals surface area contributed by atoms with Gasteiger partial charge in [0.25, 0.3) is 5.91 Å². The molecule has 0 aliphatic carbocycles. The fourth-order valence-corrected chi connectivity index (χ4v) is 2.49. The summed E-state index contributed by atoms with van der Waals surface area (Å²) >= 11 is 5.85. The van der Waals surface area contributed by atoms with Crippen molar-refractivity contribution in [2.75, 3.05) is 13.7 Å². The minimum Gasteiger partial charge on any atom is -0.493 e. The fraction of sp³-hybridized carbons (Fsp3) is 0.0952. The van der Waals surface area contributed by atoms with Gasteiger partial charge in [-0.25, -0.2) is 10.2 Å². The summed E-state index contributed by atoms with van der Waals surface area (Å²) in [5.41, 5.74) is 2.96. The smallest absolute Gasteiger partial charge is 0.379 e. The van der Waals surface area contributed by atoms with Crippen LogP contribution in [-0.2, 0) is 4.79 Å². The lowest BCUT2D eigenvalue weighted by Crippen LogP contribution is -2.24. The van der Waals surface area contributed by atoms with E-state index in [1.807, 2.05) is 0 Å². The maximum absolute atomic E-state index is 12.0. The zero-order valence-corrected chi connectivity index (χ0v) is 16.6. The molecule has 0 aliphatic rings. The van der Waals surface area contributed by atoms with Crippen LogP contribution in [0, 0.1) is 0 Å². The summed E-state index contributed by atoms with van der Waals surface area (Å²) in [6.45, 7) is -0.220. The highest BCUT2D eigenvalue weighted by Gasteiger charge is 2.14. The van der Waals surface area contributed by atoms with Gasteiger partial charge in [-0.2, -0.15) is 5.10 Å². The molecule has 2 aromatic carbocycles. The zero-order chi connectivity index (χ0) is 21.3. The highest BCUT2D eigenvalue weighted by Crippen LogP contribution is 2.28. The number of amides is 1. The predicted molar refractivity (Wildman–Crippen MR) is 109 cm³/mol. The Morgan fingerprint density at radius 2 is 2.00 bits per heavy atom. The lowest BCUT2D eigenvalue weighted by molar-refractivity contribution is -0.123. The second-order valence-corrected chi connectivity index (χ2v) is 6.25. The molecule has 0 unspecified atom stereocenters. The molecule has 3 aromatic rings. The number of esters is 1. The number of nitrogens with one attached hydrogen (secondary N) is 1. The van der Waals surface area contributed by atoms with Crippen molar-refractivity contribution in [2.24, 2.45) is 5.10 Å². The fourth-order valence-electron chi connectivity index (χ4n) is 2.31. The molecule has 1 amide bonds. The van der Waals surface area contributed by atoms with Crippen molar-refractivity contribution in [3.05, 3.63) is 77.2 Å². The number of carbonyl (C=O) groups is 2. The van der Waals surface area contributed by atoms with Crippen LogP contribution in [-0.4, -0.2) is 31.8 Å². The van der Waals surface area contributed by atoms with Crippen LogP contribution < -0.4 is 19.6 Å². The summed E-state index contributed by atoms with van der Waals surface area (Å²) in [5.74, 6) is -0.00481. The number of benzene rings is 2. The predicted octanol–water partition coefficient (Wildman–Crippen LogP) is 3.69. The number of nitrogens with zero attached hydrogens (tertiary/aromatic N) is 1. The summed E-state index contributed by atoms with van der Waals surface area (Å²) in [4.78, 5) is 23.8. The summed E-state index contributed by atoms with van der Waals surface area (Å²) in [6.07, 6.45) is 2.79. The summed E-state index contributed by atoms with van der Waals surface area (Å²) in [5, 5.41) is 4.38. The van der Waals surface area contributed by atoms with Crippen LogP contribution >= 0.6 is 11.6 Å². The van der Waals surface area contributed by atoms with Crippen LogP contribution in [0.2, 0.25) is 5.02 Å². The van der Waals surface area contributed by atoms with Gasteiger partial charge >= 0.3 is 5.97 Å². The maximum atomic E-state index is 12.0. The quantitative estimate of drug-likeness (QED) is 0.254. The average Bonchev–Trinajstić information content (AvgIpc) is 3.28. The normalized spacial score (nSPS) is 10.6. The van der Waals surface area contributed by atoms with Crippen molar-refractivity contribution in [1.82, 2.24) is 5.43 Å². The van der Waals surface area contributed by atoms with Gasteiger partial charge in [0.15, 0.2) is 18.1 Å². The summed E-state index contributed by atoms with van der Waals surface area (Å²) < 4.78 is 20.8. The summed E-state index contributed by atoms with van der Waals surface area (Å²) in [7, 11) is 1.44. The largest absolute Gasteiger partial charge is 0.493 e. The first kappa shape index (κ1) is 20.9. The van der Waals surface area contributed by atoms with Gasteiger partial charge in [0.2, 0.25) is 5.76 Å². The number of hydrogen-bond donors (Lipinski definition) is 1. The lowest BCUT2D eigenvalue weighted by Gasteiger charge is -2.09. The van der Waals surface area contributed by atoms with Gasteiger partial charge in [0.1, 0.15) is 5.75 Å². The van der Waals surface area contributed by atoms with Crippen LogP contribution in [0.3, 0.4) is 0 Å². The third kappa shape index (κ3) is 5.86. The van der Waals surface area contributed by atoms with Gasteiger partial charge < -0.3 is 18.6 Å². The molecule has 0 radical (unpaired) electrons. The first-order valence-electron chi connectivity index (χ1n) is 8.69. The van der Waals surface area contributed by atoms with Crippen molar-refractivity contribution in [1.29, 1.82) is 0 Å². The Morgan fingerprint density at radius 1 is 1.13 bits per heavy atom. The Labute approximate surface area is 177 Å². The minimum absolute atomic E-state index is 0.0744. The Kier molecular flexibility index (Phi) is 7.07. The van der Waals surface area contributed by atoms with Crippen molar-refractivity contribution in [3.63, 3.8) is 0 Å². The third-order valence-electron chi connectivity index (χ3n) is 3.68. The molecule has 154 valence electrons. The van der Waals surface area contributed by atoms with Gasteiger partial charge in [0, 0.05) is 5.02 Å². The first-order valence-corrected chi connectivity index (χ1v) is 9.07. The van der Waals surface area contributed by atoms with Crippen LogP contribution in [0.25, 0.3) is 0 Å². The van der Waals surface area contributed by atoms with Gasteiger partial charge in [-0.3, -0.25) is 4.79 Å². The molecule has 3 rings (SSSR count). The zero-order valence-electron chi connectivity index (χ0n) is 15.8. The van der Waals surface area contributed by atoms with Gasteiger partial charge in [-0.05, 0) is 54.1 Å². The Hall–Kier alpha value is -3.78. The van der Waals surface area contributed by atoms with E-state index in [4.69, 9.17) is 30.2 Å². The van der Waals surface area contributed by atoms with Crippen molar-refractivity contribution in [2.45, 2.75) is 0 Å². The highest BCUT2D eigenvalue weighted by molar-refractivity contribution is 6.30. The number of ether oxygens (including phenoxy) is 3. The second kappa shape index (κ2) is 10.1. The Balaban J connectivity index is 1.54. The number of hydrogen-bond acceptors (Lipinski definition) is 7. The molecule has 0 aliphatic heterocycles. The minimum atomic E-state index is -0.647. The van der Waals surface area contributed by atoms with E-state index in [-0.39, 0.29) is 18.1 Å². The van der Waals surface area contributed by atoms with E-state index in [1.165, 1.54) is 25.7 Å². The van der Waals surface area contributed by atoms with E-state index in [0.29, 0.717) is 22.1 Å². The molecule has 0 bridgehead atoms. The first-order chi connectivity index (χ1) is 14.5. The standard InChI is InChI=1S/C21H17ClN2O6/c1-27-19-10-14(7-8-17(19)30-21(26)18-6-3-9-28-18)12-23-24-20(25)13-29-16-5-2-4-15(22)11-16/h2-12H,13H2,1H3,(H,24,25)/b23-12+. The number of halogens is 1. The van der Waals surface area contributed by atoms with Crippen molar-refractivity contribution < 1.29 is 28.2 Å². The van der Waals surface area contributed by atoms with Crippen LogP contribution in [0.1, 0.15) is 16.1 Å². The molecule has 30 heavy (non-hydrogen) atoms. The Bertz CT molecular complexity index is 1050. The van der Waals surface area contributed by atoms with Gasteiger partial charge in [-0.1, -0.05) is 17.7 Å². The van der Waals surface area contributed by atoms with Crippen LogP contribution in [0.5, 0.6) is 17.2 Å². The summed E-state index contributed by atoms with van der Waals surface area (Å²) in [6, 6.07) is 14.6. The van der Waals surface area contributed by atoms with Gasteiger partial charge in [-0.15, -0.1) is 0 Å². The van der Waals surface area contributed by atoms with Crippen LogP contribution in [0.15, 0.2) is 70.4 Å². The number of rotatable bonds is 8. The molecule has 9 heteroatoms. The van der Waals surface area contributed by atoms with E-state index in [9.17, 15) is 9.59 Å². The molecule has 1 N–H and O–H groups in total. The number of carbonyl (C=O) groups excluding carboxylic acids is 2. The van der Waals surface area contributed by atoms with E-state index in [0.717, 1.165) is 0 Å². The van der Waals surface area contributed by atoms with E-state index < -0.39 is 11.9 Å². The SMILES string of the molecule is COc1cc(/C=N/NC(=O)COc2cccc(Cl)c2)ccc1OC(=O)c1ccco1. The monoisotopic (exact) mass is 428 g/mol. The topological polar surface area (TPSA) is 99.4 Å². The highest BCUT2D eigenvalue weighted by atomic mass is 35.5. The molecule has 0 fully saturated rings. The average molecular weight is 429 g/mol. The number of furan rings is 1. The maximum Gasteiger partial charge on any atom is 0.379 e. The molecule has 0 saturated carbocycles. The molecule has 0 spiro atoms. The van der Waals surface area contributed by atoms with E-state index >= 15 is 0 Å². The van der Waals surface area contributed by atoms with Crippen molar-refractivity contribution >= 4 is 29.7 Å². The molecule has 1 heterocycles. The molecule has 8 nitrogen and oxygen atoms in total. The number of methoxy groups -OCH3 is 1. The Morgan fingerprint density at radius 3 is 2.73 bits per heavy atom. The molecule has 1 aromatic heterocycles.